The molecule has 5 rings (SSSR count). The van der Waals surface area contributed by atoms with Crippen LogP contribution >= 0.6 is 11.6 Å². The summed E-state index contributed by atoms with van der Waals surface area (Å²) in [5.74, 6) is -0.436. The van der Waals surface area contributed by atoms with E-state index in [0.717, 1.165) is 18.6 Å². The number of hydrogen-bond acceptors (Lipinski definition) is 4. The summed E-state index contributed by atoms with van der Waals surface area (Å²) in [5, 5.41) is 5.62. The fraction of sp³-hybridized carbons (Fsp3) is 0.304. The maximum atomic E-state index is 13.2. The molecule has 172 valence electrons. The lowest BCUT2D eigenvalue weighted by Gasteiger charge is -2.46. The number of amides is 2. The van der Waals surface area contributed by atoms with Gasteiger partial charge in [-0.2, -0.15) is 13.2 Å². The Kier molecular flexibility index (Phi) is 5.04. The molecule has 10 heteroatoms. The zero-order chi connectivity index (χ0) is 23.4. The molecule has 6 nitrogen and oxygen atoms in total. The van der Waals surface area contributed by atoms with E-state index in [0.29, 0.717) is 36.1 Å². The molecule has 1 fully saturated rings. The summed E-state index contributed by atoms with van der Waals surface area (Å²) in [4.78, 5) is 24.5. The molecule has 2 heterocycles. The van der Waals surface area contributed by atoms with E-state index in [1.165, 1.54) is 24.3 Å². The number of alkyl halides is 3. The molecular weight excluding hydrogens is 461 g/mol. The lowest BCUT2D eigenvalue weighted by molar-refractivity contribution is -0.138. The van der Waals surface area contributed by atoms with Crippen molar-refractivity contribution >= 4 is 40.4 Å². The Balaban J connectivity index is 1.47. The zero-order valence-corrected chi connectivity index (χ0v) is 17.9. The molecule has 0 aromatic heterocycles. The Morgan fingerprint density at radius 3 is 2.70 bits per heavy atom. The molecule has 2 aromatic rings. The van der Waals surface area contributed by atoms with Crippen LogP contribution in [0.1, 0.15) is 36.8 Å². The van der Waals surface area contributed by atoms with Crippen LogP contribution in [0.4, 0.5) is 24.5 Å². The maximum Gasteiger partial charge on any atom is 0.416 e. The Labute approximate surface area is 191 Å². The van der Waals surface area contributed by atoms with Crippen LogP contribution in [0.5, 0.6) is 11.5 Å². The van der Waals surface area contributed by atoms with Gasteiger partial charge in [-0.25, -0.2) is 0 Å². The van der Waals surface area contributed by atoms with Crippen molar-refractivity contribution in [2.75, 3.05) is 17.2 Å². The molecule has 1 saturated carbocycles. The molecule has 0 atom stereocenters. The van der Waals surface area contributed by atoms with Crippen molar-refractivity contribution in [2.45, 2.75) is 37.5 Å². The quantitative estimate of drug-likeness (QED) is 0.565. The standard InChI is InChI=1S/C23H18ClF3N2O4/c24-14-8-16(21-17(9-14)29-20(31)11-32-21)28-19(30)6-12-10-22(4-1-5-22)33-18-7-13(23(25,26)27)2-3-15(12)18/h2-3,6-9H,1,4-5,10-11H2,(H,28,30)(H,29,31). The summed E-state index contributed by atoms with van der Waals surface area (Å²) >= 11 is 6.11. The van der Waals surface area contributed by atoms with Crippen LogP contribution in [0.15, 0.2) is 36.4 Å². The summed E-state index contributed by atoms with van der Waals surface area (Å²) in [7, 11) is 0. The second-order valence-corrected chi connectivity index (χ2v) is 8.79. The first kappa shape index (κ1) is 21.6. The maximum absolute atomic E-state index is 13.2. The van der Waals surface area contributed by atoms with E-state index in [9.17, 15) is 22.8 Å². The third kappa shape index (κ3) is 4.13. The van der Waals surface area contributed by atoms with Crippen molar-refractivity contribution in [3.05, 3.63) is 52.6 Å². The summed E-state index contributed by atoms with van der Waals surface area (Å²) in [6.45, 7) is -0.201. The number of carbonyl (C=O) groups is 2. The number of rotatable bonds is 2. The minimum absolute atomic E-state index is 0.126. The summed E-state index contributed by atoms with van der Waals surface area (Å²) in [5.41, 5.74) is 0.265. The second-order valence-electron chi connectivity index (χ2n) is 8.35. The number of hydrogen-bond donors (Lipinski definition) is 2. The zero-order valence-electron chi connectivity index (χ0n) is 17.1. The summed E-state index contributed by atoms with van der Waals surface area (Å²) < 4.78 is 51.0. The molecule has 2 aliphatic heterocycles. The Morgan fingerprint density at radius 1 is 1.21 bits per heavy atom. The van der Waals surface area contributed by atoms with E-state index >= 15 is 0 Å². The van der Waals surface area contributed by atoms with E-state index in [-0.39, 0.29) is 34.7 Å². The molecule has 0 unspecified atom stereocenters. The van der Waals surface area contributed by atoms with E-state index < -0.39 is 23.2 Å². The van der Waals surface area contributed by atoms with Crippen LogP contribution in [0.25, 0.3) is 5.57 Å². The van der Waals surface area contributed by atoms with Crippen LogP contribution in [0, 0.1) is 0 Å². The van der Waals surface area contributed by atoms with Gasteiger partial charge in [0.15, 0.2) is 12.4 Å². The third-order valence-corrected chi connectivity index (χ3v) is 6.22. The monoisotopic (exact) mass is 478 g/mol. The number of nitrogens with one attached hydrogen (secondary N) is 2. The molecule has 3 aliphatic rings. The van der Waals surface area contributed by atoms with Gasteiger partial charge in [0.25, 0.3) is 5.91 Å². The highest BCUT2D eigenvalue weighted by Gasteiger charge is 2.44. The van der Waals surface area contributed by atoms with Gasteiger partial charge in [-0.3, -0.25) is 9.59 Å². The van der Waals surface area contributed by atoms with Crippen molar-refractivity contribution in [1.29, 1.82) is 0 Å². The van der Waals surface area contributed by atoms with Crippen LogP contribution in [-0.2, 0) is 15.8 Å². The van der Waals surface area contributed by atoms with Gasteiger partial charge in [-0.1, -0.05) is 17.7 Å². The number of ether oxygens (including phenoxy) is 2. The molecular formula is C23H18ClF3N2O4. The third-order valence-electron chi connectivity index (χ3n) is 6.00. The van der Waals surface area contributed by atoms with Crippen molar-refractivity contribution in [2.24, 2.45) is 0 Å². The Bertz CT molecular complexity index is 1200. The van der Waals surface area contributed by atoms with Gasteiger partial charge < -0.3 is 20.1 Å². The van der Waals surface area contributed by atoms with Gasteiger partial charge in [-0.05, 0) is 49.1 Å². The minimum Gasteiger partial charge on any atom is -0.486 e. The van der Waals surface area contributed by atoms with Crippen molar-refractivity contribution < 1.29 is 32.2 Å². The van der Waals surface area contributed by atoms with Crippen molar-refractivity contribution in [3.63, 3.8) is 0 Å². The average molecular weight is 479 g/mol. The van der Waals surface area contributed by atoms with E-state index in [1.807, 2.05) is 0 Å². The van der Waals surface area contributed by atoms with Crippen LogP contribution in [-0.4, -0.2) is 24.0 Å². The fourth-order valence-electron chi connectivity index (χ4n) is 4.32. The van der Waals surface area contributed by atoms with Crippen LogP contribution in [0.2, 0.25) is 5.02 Å². The van der Waals surface area contributed by atoms with E-state index in [4.69, 9.17) is 21.1 Å². The van der Waals surface area contributed by atoms with Gasteiger partial charge in [0, 0.05) is 23.1 Å². The number of benzene rings is 2. The van der Waals surface area contributed by atoms with Crippen molar-refractivity contribution in [3.8, 4) is 11.5 Å². The van der Waals surface area contributed by atoms with Crippen LogP contribution in [0.3, 0.4) is 0 Å². The van der Waals surface area contributed by atoms with Gasteiger partial charge in [0.1, 0.15) is 11.4 Å². The largest absolute Gasteiger partial charge is 0.486 e. The van der Waals surface area contributed by atoms with Gasteiger partial charge >= 0.3 is 6.18 Å². The highest BCUT2D eigenvalue weighted by molar-refractivity contribution is 6.31. The predicted octanol–water partition coefficient (Wildman–Crippen LogP) is 5.42. The number of halogens is 4. The lowest BCUT2D eigenvalue weighted by atomic mass is 9.72. The number of fused-ring (bicyclic) bond motifs is 2. The number of anilines is 2. The van der Waals surface area contributed by atoms with Gasteiger partial charge in [0.05, 0.1) is 16.9 Å². The lowest BCUT2D eigenvalue weighted by Crippen LogP contribution is -2.45. The molecule has 0 saturated heterocycles. The minimum atomic E-state index is -4.50. The first-order valence-electron chi connectivity index (χ1n) is 10.3. The highest BCUT2D eigenvalue weighted by Crippen LogP contribution is 2.50. The molecule has 0 bridgehead atoms. The first-order chi connectivity index (χ1) is 15.6. The molecule has 2 N–H and O–H groups in total. The Morgan fingerprint density at radius 2 is 2.00 bits per heavy atom. The normalized spacial score (nSPS) is 19.5. The topological polar surface area (TPSA) is 76.7 Å². The van der Waals surface area contributed by atoms with Crippen molar-refractivity contribution in [1.82, 2.24) is 0 Å². The van der Waals surface area contributed by atoms with Crippen LogP contribution < -0.4 is 20.1 Å². The molecule has 2 aromatic carbocycles. The van der Waals surface area contributed by atoms with E-state index in [1.54, 1.807) is 0 Å². The second kappa shape index (κ2) is 7.69. The summed E-state index contributed by atoms with van der Waals surface area (Å²) in [6.07, 6.45) is -0.396. The van der Waals surface area contributed by atoms with Gasteiger partial charge in [-0.15, -0.1) is 0 Å². The Hall–Kier alpha value is -3.20. The fourth-order valence-corrected chi connectivity index (χ4v) is 4.54. The predicted molar refractivity (Wildman–Crippen MR) is 115 cm³/mol. The molecule has 33 heavy (non-hydrogen) atoms. The smallest absolute Gasteiger partial charge is 0.416 e. The molecule has 1 spiro atoms. The van der Waals surface area contributed by atoms with Gasteiger partial charge in [0.2, 0.25) is 5.91 Å². The first-order valence-corrected chi connectivity index (χ1v) is 10.7. The highest BCUT2D eigenvalue weighted by atomic mass is 35.5. The SMILES string of the molecule is O=C(C=C1CC2(CCC2)Oc2cc(C(F)(F)F)ccc21)Nc1cc(Cl)cc2c1OCC(=O)N2. The molecule has 2 amide bonds. The van der Waals surface area contributed by atoms with E-state index in [2.05, 4.69) is 10.6 Å². The molecule has 1 aliphatic carbocycles. The summed E-state index contributed by atoms with van der Waals surface area (Å²) in [6, 6.07) is 6.31. The molecule has 0 radical (unpaired) electrons. The average Bonchev–Trinajstić information content (AvgIpc) is 2.70. The number of carbonyl (C=O) groups excluding carboxylic acids is 2.